The van der Waals surface area contributed by atoms with E-state index in [9.17, 15) is 21.9 Å². The lowest BCUT2D eigenvalue weighted by atomic mass is 10.0. The molecule has 1 aliphatic carbocycles. The molecule has 0 amide bonds. The smallest absolute Gasteiger partial charge is 0.247 e. The van der Waals surface area contributed by atoms with Crippen LogP contribution in [-0.2, 0) is 20.0 Å². The summed E-state index contributed by atoms with van der Waals surface area (Å²) in [5, 5.41) is 9.83. The Morgan fingerprint density at radius 2 is 1.89 bits per heavy atom. The van der Waals surface area contributed by atoms with E-state index in [1.807, 2.05) is 13.8 Å². The molecule has 0 spiro atoms. The zero-order valence-electron chi connectivity index (χ0n) is 21.8. The largest absolute Gasteiger partial charge is 0.487 e. The third-order valence-electron chi connectivity index (χ3n) is 7.25. The van der Waals surface area contributed by atoms with Crippen LogP contribution in [0.25, 0.3) is 5.57 Å². The fourth-order valence-electron chi connectivity index (χ4n) is 4.82. The Labute approximate surface area is 220 Å². The van der Waals surface area contributed by atoms with Crippen molar-refractivity contribution in [1.82, 2.24) is 8.61 Å². The SMILES string of the molecule is Cc1ccc(S(=O)(=O)N(C)C[C@H]2Oc3cc(C4=CCCC4)ccc3S(=O)(=O)N([C@H](C)CO)C[C@@H]2C)cc1. The van der Waals surface area contributed by atoms with E-state index in [4.69, 9.17) is 4.74 Å². The van der Waals surface area contributed by atoms with Gasteiger partial charge in [-0.2, -0.15) is 8.61 Å². The van der Waals surface area contributed by atoms with Crippen molar-refractivity contribution in [2.24, 2.45) is 5.92 Å². The van der Waals surface area contributed by atoms with Gasteiger partial charge >= 0.3 is 0 Å². The number of aliphatic hydroxyl groups is 1. The Hall–Kier alpha value is -2.24. The first-order valence-corrected chi connectivity index (χ1v) is 15.5. The molecule has 0 aromatic heterocycles. The highest BCUT2D eigenvalue weighted by molar-refractivity contribution is 7.89. The Morgan fingerprint density at radius 1 is 1.19 bits per heavy atom. The zero-order valence-corrected chi connectivity index (χ0v) is 23.4. The minimum absolute atomic E-state index is 0.0242. The van der Waals surface area contributed by atoms with Crippen LogP contribution in [0.2, 0.25) is 0 Å². The van der Waals surface area contributed by atoms with Gasteiger partial charge in [-0.05, 0) is 68.5 Å². The number of aryl methyl sites for hydroxylation is 1. The van der Waals surface area contributed by atoms with Gasteiger partial charge < -0.3 is 9.84 Å². The van der Waals surface area contributed by atoms with Gasteiger partial charge in [0.2, 0.25) is 20.0 Å². The lowest BCUT2D eigenvalue weighted by Gasteiger charge is -2.37. The van der Waals surface area contributed by atoms with Crippen LogP contribution in [0.15, 0.2) is 58.3 Å². The molecular weight excluding hydrogens is 512 g/mol. The zero-order chi connectivity index (χ0) is 27.0. The highest BCUT2D eigenvalue weighted by atomic mass is 32.2. The molecular formula is C27H36N2O6S2. The molecule has 0 bridgehead atoms. The van der Waals surface area contributed by atoms with Crippen molar-refractivity contribution >= 4 is 25.6 Å². The van der Waals surface area contributed by atoms with Gasteiger partial charge in [0.15, 0.2) is 0 Å². The number of hydrogen-bond acceptors (Lipinski definition) is 6. The van der Waals surface area contributed by atoms with E-state index in [1.54, 1.807) is 49.4 Å². The van der Waals surface area contributed by atoms with Gasteiger partial charge in [0.1, 0.15) is 16.7 Å². The number of benzene rings is 2. The van der Waals surface area contributed by atoms with Crippen LogP contribution < -0.4 is 4.74 Å². The molecule has 0 saturated heterocycles. The molecule has 10 heteroatoms. The van der Waals surface area contributed by atoms with Gasteiger partial charge in [-0.3, -0.25) is 0 Å². The average molecular weight is 549 g/mol. The molecule has 4 rings (SSSR count). The van der Waals surface area contributed by atoms with Crippen LogP contribution in [0.5, 0.6) is 5.75 Å². The second-order valence-corrected chi connectivity index (χ2v) is 14.0. The highest BCUT2D eigenvalue weighted by Crippen LogP contribution is 2.37. The second kappa shape index (κ2) is 10.9. The van der Waals surface area contributed by atoms with Crippen molar-refractivity contribution in [2.45, 2.75) is 62.0 Å². The van der Waals surface area contributed by atoms with E-state index in [-0.39, 0.29) is 41.2 Å². The van der Waals surface area contributed by atoms with E-state index in [0.29, 0.717) is 0 Å². The van der Waals surface area contributed by atoms with Crippen LogP contribution in [0, 0.1) is 12.8 Å². The maximum atomic E-state index is 13.7. The normalized spacial score (nSPS) is 23.0. The summed E-state index contributed by atoms with van der Waals surface area (Å²) in [7, 11) is -6.23. The number of ether oxygens (including phenoxy) is 1. The van der Waals surface area contributed by atoms with Gasteiger partial charge in [0.25, 0.3) is 0 Å². The number of nitrogens with zero attached hydrogens (tertiary/aromatic N) is 2. The van der Waals surface area contributed by atoms with Gasteiger partial charge in [0.05, 0.1) is 18.0 Å². The number of likely N-dealkylation sites (N-methyl/N-ethyl adjacent to an activating group) is 1. The van der Waals surface area contributed by atoms with Gasteiger partial charge in [-0.15, -0.1) is 0 Å². The summed E-state index contributed by atoms with van der Waals surface area (Å²) >= 11 is 0. The average Bonchev–Trinajstić information content (AvgIpc) is 3.41. The van der Waals surface area contributed by atoms with Crippen molar-refractivity contribution in [3.63, 3.8) is 0 Å². The highest BCUT2D eigenvalue weighted by Gasteiger charge is 2.39. The minimum atomic E-state index is -3.96. The summed E-state index contributed by atoms with van der Waals surface area (Å²) in [5.74, 6) is -0.153. The monoisotopic (exact) mass is 548 g/mol. The first-order chi connectivity index (χ1) is 17.4. The number of rotatable bonds is 7. The van der Waals surface area contributed by atoms with Gasteiger partial charge in [-0.25, -0.2) is 16.8 Å². The molecule has 8 nitrogen and oxygen atoms in total. The molecule has 37 heavy (non-hydrogen) atoms. The lowest BCUT2D eigenvalue weighted by molar-refractivity contribution is 0.0904. The summed E-state index contributed by atoms with van der Waals surface area (Å²) in [6.07, 6.45) is 4.47. The number of aliphatic hydroxyl groups excluding tert-OH is 1. The quantitative estimate of drug-likeness (QED) is 0.567. The van der Waals surface area contributed by atoms with E-state index in [2.05, 4.69) is 6.08 Å². The van der Waals surface area contributed by atoms with Crippen LogP contribution in [0.3, 0.4) is 0 Å². The van der Waals surface area contributed by atoms with Crippen molar-refractivity contribution < 1.29 is 26.7 Å². The first-order valence-electron chi connectivity index (χ1n) is 12.6. The topological polar surface area (TPSA) is 104 Å². The second-order valence-electron chi connectivity index (χ2n) is 10.1. The maximum absolute atomic E-state index is 13.7. The van der Waals surface area contributed by atoms with Crippen molar-refractivity contribution in [2.75, 3.05) is 26.7 Å². The summed E-state index contributed by atoms with van der Waals surface area (Å²) in [5.41, 5.74) is 3.01. The maximum Gasteiger partial charge on any atom is 0.247 e. The van der Waals surface area contributed by atoms with E-state index in [0.717, 1.165) is 36.0 Å². The third kappa shape index (κ3) is 5.63. The number of hydrogen-bond donors (Lipinski definition) is 1. The van der Waals surface area contributed by atoms with E-state index >= 15 is 0 Å². The summed E-state index contributed by atoms with van der Waals surface area (Å²) in [4.78, 5) is 0.212. The molecule has 2 aromatic rings. The molecule has 202 valence electrons. The van der Waals surface area contributed by atoms with E-state index in [1.165, 1.54) is 15.7 Å². The molecule has 1 aliphatic heterocycles. The Kier molecular flexibility index (Phi) is 8.16. The molecule has 2 aliphatic rings. The number of fused-ring (bicyclic) bond motifs is 1. The van der Waals surface area contributed by atoms with Crippen LogP contribution in [-0.4, -0.2) is 69.4 Å². The van der Waals surface area contributed by atoms with Crippen LogP contribution in [0.4, 0.5) is 0 Å². The molecule has 2 aromatic carbocycles. The van der Waals surface area contributed by atoms with Crippen LogP contribution >= 0.6 is 0 Å². The fraction of sp³-hybridized carbons (Fsp3) is 0.481. The van der Waals surface area contributed by atoms with E-state index < -0.39 is 32.2 Å². The van der Waals surface area contributed by atoms with Crippen molar-refractivity contribution in [3.8, 4) is 5.75 Å². The van der Waals surface area contributed by atoms with Gasteiger partial charge in [0, 0.05) is 25.6 Å². The lowest BCUT2D eigenvalue weighted by Crippen LogP contribution is -2.50. The molecule has 0 saturated carbocycles. The minimum Gasteiger partial charge on any atom is -0.487 e. The third-order valence-corrected chi connectivity index (χ3v) is 11.1. The molecule has 1 N–H and O–H groups in total. The standard InChI is InChI=1S/C27H36N2O6S2/c1-19-9-12-24(13-10-19)36(31,32)28(4)17-26-20(2)16-29(21(3)18-30)37(33,34)27-14-11-23(15-25(27)35-26)22-7-5-6-8-22/h7,9-15,20-21,26,30H,5-6,8,16-18H2,1-4H3/t20-,21+,26+/m0/s1. The Morgan fingerprint density at radius 3 is 2.51 bits per heavy atom. The van der Waals surface area contributed by atoms with Crippen molar-refractivity contribution in [1.29, 1.82) is 0 Å². The molecule has 0 unspecified atom stereocenters. The summed E-state index contributed by atoms with van der Waals surface area (Å²) in [6, 6.07) is 11.1. The molecule has 0 fully saturated rings. The summed E-state index contributed by atoms with van der Waals surface area (Å²) in [6.45, 7) is 5.18. The van der Waals surface area contributed by atoms with Gasteiger partial charge in [-0.1, -0.05) is 36.8 Å². The molecule has 0 radical (unpaired) electrons. The fourth-order valence-corrected chi connectivity index (χ4v) is 7.83. The predicted molar refractivity (Wildman–Crippen MR) is 143 cm³/mol. The van der Waals surface area contributed by atoms with Crippen LogP contribution in [0.1, 0.15) is 44.2 Å². The Bertz CT molecular complexity index is 1370. The number of sulfonamides is 2. The number of allylic oxidation sites excluding steroid dienone is 2. The first kappa shape index (κ1) is 27.8. The van der Waals surface area contributed by atoms with Crippen molar-refractivity contribution in [3.05, 3.63) is 59.7 Å². The molecule has 1 heterocycles. The summed E-state index contributed by atoms with van der Waals surface area (Å²) < 4.78 is 62.9. The molecule has 3 atom stereocenters. The predicted octanol–water partition coefficient (Wildman–Crippen LogP) is 3.65. The Balaban J connectivity index is 1.74.